The lowest BCUT2D eigenvalue weighted by molar-refractivity contribution is 0.210. The van der Waals surface area contributed by atoms with Crippen molar-refractivity contribution in [2.75, 3.05) is 11.9 Å². The maximum Gasteiger partial charge on any atom is 0.167 e. The van der Waals surface area contributed by atoms with E-state index in [0.717, 1.165) is 33.0 Å². The third kappa shape index (κ3) is 2.07. The molecule has 3 aromatic rings. The van der Waals surface area contributed by atoms with Gasteiger partial charge in [-0.2, -0.15) is 0 Å². The van der Waals surface area contributed by atoms with Crippen LogP contribution < -0.4 is 10.1 Å². The second-order valence-electron chi connectivity index (χ2n) is 4.65. The molecule has 1 aliphatic rings. The number of para-hydroxylation sites is 1. The van der Waals surface area contributed by atoms with Crippen LogP contribution in [0.15, 0.2) is 46.9 Å². The van der Waals surface area contributed by atoms with Gasteiger partial charge in [0.1, 0.15) is 10.8 Å². The third-order valence-electron chi connectivity index (χ3n) is 3.27. The van der Waals surface area contributed by atoms with Crippen LogP contribution in [0.25, 0.3) is 10.2 Å². The summed E-state index contributed by atoms with van der Waals surface area (Å²) >= 11 is 5.16. The summed E-state index contributed by atoms with van der Waals surface area (Å²) in [6.07, 6.45) is -0.0268. The molecule has 0 saturated carbocycles. The molecular weight excluding hydrogens is 336 g/mol. The average Bonchev–Trinajstić information content (AvgIpc) is 2.90. The van der Waals surface area contributed by atoms with Crippen molar-refractivity contribution in [1.82, 2.24) is 4.98 Å². The summed E-state index contributed by atoms with van der Waals surface area (Å²) in [5, 5.41) is 4.43. The van der Waals surface area contributed by atoms with Gasteiger partial charge >= 0.3 is 0 Å². The van der Waals surface area contributed by atoms with Crippen LogP contribution >= 0.6 is 27.3 Å². The molecule has 20 heavy (non-hydrogen) atoms. The lowest BCUT2D eigenvalue weighted by Gasteiger charge is -2.26. The van der Waals surface area contributed by atoms with Gasteiger partial charge in [0, 0.05) is 4.47 Å². The first-order valence-corrected chi connectivity index (χ1v) is 7.96. The quantitative estimate of drug-likeness (QED) is 0.698. The van der Waals surface area contributed by atoms with E-state index in [-0.39, 0.29) is 6.10 Å². The number of ether oxygens (including phenoxy) is 1. The van der Waals surface area contributed by atoms with Crippen LogP contribution in [0.2, 0.25) is 0 Å². The molecule has 0 radical (unpaired) electrons. The van der Waals surface area contributed by atoms with Crippen molar-refractivity contribution in [3.63, 3.8) is 0 Å². The van der Waals surface area contributed by atoms with Gasteiger partial charge in [-0.15, -0.1) is 11.3 Å². The number of nitrogens with one attached hydrogen (secondary N) is 1. The zero-order valence-corrected chi connectivity index (χ0v) is 12.9. The number of benzene rings is 2. The molecule has 2 aromatic carbocycles. The molecule has 1 aromatic heterocycles. The Morgan fingerprint density at radius 3 is 3.05 bits per heavy atom. The molecule has 0 bridgehead atoms. The maximum absolute atomic E-state index is 6.07. The predicted molar refractivity (Wildman–Crippen MR) is 85.6 cm³/mol. The van der Waals surface area contributed by atoms with E-state index in [0.29, 0.717) is 0 Å². The number of halogens is 1. The highest BCUT2D eigenvalue weighted by Gasteiger charge is 2.23. The lowest BCUT2D eigenvalue weighted by atomic mass is 10.2. The van der Waals surface area contributed by atoms with Gasteiger partial charge in [0.2, 0.25) is 0 Å². The van der Waals surface area contributed by atoms with Crippen LogP contribution in [0, 0.1) is 0 Å². The summed E-state index contributed by atoms with van der Waals surface area (Å²) in [5.41, 5.74) is 2.06. The zero-order chi connectivity index (χ0) is 13.5. The van der Waals surface area contributed by atoms with Gasteiger partial charge in [-0.05, 0) is 30.3 Å². The SMILES string of the molecule is Brc1ccc2c(c1)NCC(c1nc3ccccc3s1)O2. The summed E-state index contributed by atoms with van der Waals surface area (Å²) in [4.78, 5) is 4.67. The highest BCUT2D eigenvalue weighted by molar-refractivity contribution is 9.10. The fourth-order valence-corrected chi connectivity index (χ4v) is 3.66. The van der Waals surface area contributed by atoms with Crippen molar-refractivity contribution in [1.29, 1.82) is 0 Å². The number of aromatic nitrogens is 1. The summed E-state index contributed by atoms with van der Waals surface area (Å²) < 4.78 is 8.32. The molecule has 0 saturated heterocycles. The van der Waals surface area contributed by atoms with Gasteiger partial charge in [-0.3, -0.25) is 0 Å². The van der Waals surface area contributed by atoms with E-state index in [4.69, 9.17) is 4.74 Å². The average molecular weight is 347 g/mol. The largest absolute Gasteiger partial charge is 0.479 e. The van der Waals surface area contributed by atoms with Gasteiger partial charge in [-0.25, -0.2) is 4.98 Å². The van der Waals surface area contributed by atoms with Gasteiger partial charge in [-0.1, -0.05) is 28.1 Å². The standard InChI is InChI=1S/C15H11BrN2OS/c16-9-5-6-12-11(7-9)17-8-13(19-12)15-18-10-3-1-2-4-14(10)20-15/h1-7,13,17H,8H2. The molecule has 0 spiro atoms. The molecule has 1 unspecified atom stereocenters. The highest BCUT2D eigenvalue weighted by atomic mass is 79.9. The Labute approximate surface area is 128 Å². The van der Waals surface area contributed by atoms with Gasteiger partial charge in [0.05, 0.1) is 22.4 Å². The normalized spacial score (nSPS) is 17.4. The van der Waals surface area contributed by atoms with E-state index < -0.39 is 0 Å². The number of hydrogen-bond acceptors (Lipinski definition) is 4. The van der Waals surface area contributed by atoms with Crippen LogP contribution in [0.5, 0.6) is 5.75 Å². The summed E-state index contributed by atoms with van der Waals surface area (Å²) in [6.45, 7) is 0.739. The smallest absolute Gasteiger partial charge is 0.167 e. The molecule has 5 heteroatoms. The van der Waals surface area contributed by atoms with Crippen molar-refractivity contribution in [3.05, 3.63) is 51.9 Å². The van der Waals surface area contributed by atoms with Crippen molar-refractivity contribution in [3.8, 4) is 5.75 Å². The number of rotatable bonds is 1. The van der Waals surface area contributed by atoms with Crippen LogP contribution in [-0.4, -0.2) is 11.5 Å². The summed E-state index contributed by atoms with van der Waals surface area (Å²) in [7, 11) is 0. The monoisotopic (exact) mass is 346 g/mol. The van der Waals surface area contributed by atoms with Crippen LogP contribution in [0.4, 0.5) is 5.69 Å². The van der Waals surface area contributed by atoms with Gasteiger partial charge in [0.15, 0.2) is 6.10 Å². The Balaban J connectivity index is 1.69. The Morgan fingerprint density at radius 2 is 2.15 bits per heavy atom. The number of anilines is 1. The molecular formula is C15H11BrN2OS. The lowest BCUT2D eigenvalue weighted by Crippen LogP contribution is -2.23. The first-order valence-electron chi connectivity index (χ1n) is 6.35. The van der Waals surface area contributed by atoms with E-state index in [1.54, 1.807) is 11.3 Å². The minimum Gasteiger partial charge on any atom is -0.479 e. The highest BCUT2D eigenvalue weighted by Crippen LogP contribution is 2.37. The van der Waals surface area contributed by atoms with E-state index in [1.807, 2.05) is 36.4 Å². The molecule has 0 fully saturated rings. The number of fused-ring (bicyclic) bond motifs is 2. The van der Waals surface area contributed by atoms with Crippen LogP contribution in [0.3, 0.4) is 0 Å². The van der Waals surface area contributed by atoms with Crippen molar-refractivity contribution >= 4 is 43.2 Å². The molecule has 1 atom stereocenters. The third-order valence-corrected chi connectivity index (χ3v) is 4.90. The Bertz CT molecular complexity index is 753. The number of thiazole rings is 1. The molecule has 1 N–H and O–H groups in total. The second kappa shape index (κ2) is 4.75. The molecule has 0 amide bonds. The zero-order valence-electron chi connectivity index (χ0n) is 10.5. The summed E-state index contributed by atoms with van der Waals surface area (Å²) in [5.74, 6) is 0.878. The van der Waals surface area contributed by atoms with E-state index in [9.17, 15) is 0 Å². The van der Waals surface area contributed by atoms with Crippen LogP contribution in [-0.2, 0) is 0 Å². The number of nitrogens with zero attached hydrogens (tertiary/aromatic N) is 1. The van der Waals surface area contributed by atoms with E-state index >= 15 is 0 Å². The van der Waals surface area contributed by atoms with E-state index in [2.05, 4.69) is 32.3 Å². The summed E-state index contributed by atoms with van der Waals surface area (Å²) in [6, 6.07) is 14.2. The Kier molecular flexibility index (Phi) is 2.89. The molecule has 0 aliphatic carbocycles. The Hall–Kier alpha value is -1.59. The van der Waals surface area contributed by atoms with Gasteiger partial charge < -0.3 is 10.1 Å². The van der Waals surface area contributed by atoms with Crippen LogP contribution in [0.1, 0.15) is 11.1 Å². The minimum atomic E-state index is -0.0268. The number of hydrogen-bond donors (Lipinski definition) is 1. The molecule has 4 rings (SSSR count). The van der Waals surface area contributed by atoms with E-state index in [1.165, 1.54) is 4.70 Å². The second-order valence-corrected chi connectivity index (χ2v) is 6.63. The molecule has 2 heterocycles. The maximum atomic E-state index is 6.07. The van der Waals surface area contributed by atoms with Crippen molar-refractivity contribution in [2.45, 2.75) is 6.10 Å². The van der Waals surface area contributed by atoms with Gasteiger partial charge in [0.25, 0.3) is 0 Å². The molecule has 100 valence electrons. The molecule has 3 nitrogen and oxygen atoms in total. The first-order chi connectivity index (χ1) is 9.79. The van der Waals surface area contributed by atoms with Crippen molar-refractivity contribution < 1.29 is 4.74 Å². The fraction of sp³-hybridized carbons (Fsp3) is 0.133. The molecule has 1 aliphatic heterocycles. The first kappa shape index (κ1) is 12.2. The topological polar surface area (TPSA) is 34.2 Å². The predicted octanol–water partition coefficient (Wildman–Crippen LogP) is 4.60. The van der Waals surface area contributed by atoms with Crippen molar-refractivity contribution in [2.24, 2.45) is 0 Å². The Morgan fingerprint density at radius 1 is 1.25 bits per heavy atom. The minimum absolute atomic E-state index is 0.0268. The fourth-order valence-electron chi connectivity index (χ4n) is 2.31.